The molecule has 0 spiro atoms. The third kappa shape index (κ3) is 3.75. The van der Waals surface area contributed by atoms with Gasteiger partial charge in [-0.2, -0.15) is 23.4 Å². The van der Waals surface area contributed by atoms with E-state index >= 15 is 0 Å². The monoisotopic (exact) mass is 542 g/mol. The third-order valence-electron chi connectivity index (χ3n) is 6.33. The van der Waals surface area contributed by atoms with Crippen molar-refractivity contribution in [1.82, 2.24) is 44.1 Å². The number of nitrogens with zero attached hydrogens (tertiary/aromatic N) is 10. The van der Waals surface area contributed by atoms with E-state index in [4.69, 9.17) is 0 Å². The van der Waals surface area contributed by atoms with Gasteiger partial charge in [-0.25, -0.2) is 19.5 Å². The van der Waals surface area contributed by atoms with Crippen molar-refractivity contribution >= 4 is 43.1 Å². The number of rotatable bonds is 5. The second-order valence-corrected chi connectivity index (χ2v) is 9.84. The summed E-state index contributed by atoms with van der Waals surface area (Å²) < 4.78 is 46.4. The normalized spacial score (nSPS) is 13.2. The van der Waals surface area contributed by atoms with Crippen molar-refractivity contribution in [3.05, 3.63) is 58.3 Å². The highest BCUT2D eigenvalue weighted by molar-refractivity contribution is 7.26. The molecule has 194 valence electrons. The van der Waals surface area contributed by atoms with E-state index in [1.54, 1.807) is 18.7 Å². The van der Waals surface area contributed by atoms with E-state index in [0.717, 1.165) is 23.6 Å². The van der Waals surface area contributed by atoms with E-state index in [-0.39, 0.29) is 23.0 Å². The number of aromatic nitrogens is 9. The summed E-state index contributed by atoms with van der Waals surface area (Å²) in [5, 5.41) is 24.1. The highest BCUT2D eigenvalue weighted by Gasteiger charge is 2.35. The number of aryl methyl sites for hydroxylation is 1. The van der Waals surface area contributed by atoms with E-state index < -0.39 is 16.8 Å². The summed E-state index contributed by atoms with van der Waals surface area (Å²) in [6, 6.07) is 1.03. The van der Waals surface area contributed by atoms with Gasteiger partial charge in [0.2, 0.25) is 0 Å². The van der Waals surface area contributed by atoms with Crippen LogP contribution < -0.4 is 0 Å². The highest BCUT2D eigenvalue weighted by Crippen LogP contribution is 2.43. The van der Waals surface area contributed by atoms with Gasteiger partial charge >= 0.3 is 11.9 Å². The molecule has 0 amide bonds. The Balaban J connectivity index is 1.51. The summed E-state index contributed by atoms with van der Waals surface area (Å²) in [6.45, 7) is 3.91. The molecule has 6 aromatic rings. The fourth-order valence-corrected chi connectivity index (χ4v) is 5.41. The Morgan fingerprint density at radius 1 is 1.18 bits per heavy atom. The first kappa shape index (κ1) is 23.9. The molecule has 0 bridgehead atoms. The average Bonchev–Trinajstić information content (AvgIpc) is 3.63. The predicted octanol–water partition coefficient (Wildman–Crippen LogP) is 4.52. The number of thiophene rings is 1. The van der Waals surface area contributed by atoms with E-state index in [1.165, 1.54) is 27.9 Å². The molecule has 0 unspecified atom stereocenters. The van der Waals surface area contributed by atoms with Crippen LogP contribution in [-0.4, -0.2) is 49.1 Å². The first-order valence-electron chi connectivity index (χ1n) is 11.2. The van der Waals surface area contributed by atoms with Crippen LogP contribution in [0, 0.1) is 17.0 Å². The van der Waals surface area contributed by atoms with Crippen molar-refractivity contribution in [2.75, 3.05) is 0 Å². The molecule has 0 radical (unpaired) electrons. The number of hydrogen-bond donors (Lipinski definition) is 0. The Bertz CT molecular complexity index is 1880. The van der Waals surface area contributed by atoms with Gasteiger partial charge in [0, 0.05) is 29.6 Å². The van der Waals surface area contributed by atoms with Crippen LogP contribution >= 0.6 is 11.3 Å². The van der Waals surface area contributed by atoms with Crippen molar-refractivity contribution in [3.8, 4) is 11.1 Å². The molecule has 0 saturated heterocycles. The lowest BCUT2D eigenvalue weighted by atomic mass is 10.0. The van der Waals surface area contributed by atoms with Crippen LogP contribution in [0.15, 0.2) is 31.0 Å². The van der Waals surface area contributed by atoms with Gasteiger partial charge in [0.1, 0.15) is 33.9 Å². The molecule has 0 aliphatic rings. The second-order valence-electron chi connectivity index (χ2n) is 8.84. The zero-order valence-electron chi connectivity index (χ0n) is 20.0. The maximum atomic E-state index is 13.8. The van der Waals surface area contributed by atoms with Gasteiger partial charge < -0.3 is 0 Å². The Morgan fingerprint density at radius 2 is 1.97 bits per heavy atom. The minimum absolute atomic E-state index is 0.123. The Kier molecular flexibility index (Phi) is 5.20. The second kappa shape index (κ2) is 8.27. The van der Waals surface area contributed by atoms with Gasteiger partial charge in [-0.1, -0.05) is 6.92 Å². The maximum absolute atomic E-state index is 13.8. The Morgan fingerprint density at radius 3 is 2.63 bits per heavy atom. The van der Waals surface area contributed by atoms with Crippen molar-refractivity contribution in [2.45, 2.75) is 32.5 Å². The molecule has 0 fully saturated rings. The molecule has 16 heteroatoms. The fourth-order valence-electron chi connectivity index (χ4n) is 4.28. The van der Waals surface area contributed by atoms with Gasteiger partial charge in [-0.3, -0.25) is 19.5 Å². The molecule has 0 aliphatic heterocycles. The number of alkyl halides is 3. The van der Waals surface area contributed by atoms with E-state index in [1.807, 2.05) is 6.92 Å². The van der Waals surface area contributed by atoms with Gasteiger partial charge in [0.15, 0.2) is 11.5 Å². The fraction of sp³-hybridized carbons (Fsp3) is 0.273. The first-order valence-corrected chi connectivity index (χ1v) is 12.0. The number of halogens is 3. The lowest BCUT2D eigenvalue weighted by Gasteiger charge is -2.10. The molecule has 0 saturated carbocycles. The Hall–Kier alpha value is -4.47. The first-order chi connectivity index (χ1) is 18.0. The van der Waals surface area contributed by atoms with Crippen molar-refractivity contribution in [3.63, 3.8) is 0 Å². The van der Waals surface area contributed by atoms with Crippen molar-refractivity contribution < 1.29 is 18.1 Å². The smallest absolute Gasteiger partial charge is 0.272 e. The topological polar surface area (TPSA) is 135 Å². The summed E-state index contributed by atoms with van der Waals surface area (Å²) in [4.78, 5) is 23.7. The highest BCUT2D eigenvalue weighted by atomic mass is 32.1. The molecule has 12 nitrogen and oxygen atoms in total. The zero-order valence-corrected chi connectivity index (χ0v) is 20.8. The molecule has 0 aromatic carbocycles. The standard InChI is InChI=1S/C22H17F3N10O2S/c1-10(7-33-8-12(5-28-33)35(36)37)19-30-20-18-17(26-9-34(20)31-19)16-13(14-6-27-32(3)11(14)2)4-15(22(23,24)25)29-21(16)38-18/h4-6,8-10H,7H2,1-3H3/t10-/m1/s1. The quantitative estimate of drug-likeness (QED) is 0.229. The largest absolute Gasteiger partial charge is 0.433 e. The van der Waals surface area contributed by atoms with Crippen LogP contribution in [0.3, 0.4) is 0 Å². The van der Waals surface area contributed by atoms with Gasteiger partial charge in [-0.05, 0) is 18.6 Å². The molecule has 6 aromatic heterocycles. The summed E-state index contributed by atoms with van der Waals surface area (Å²) >= 11 is 1.06. The number of nitro groups is 1. The van der Waals surface area contributed by atoms with E-state index in [0.29, 0.717) is 43.9 Å². The number of pyridine rings is 1. The van der Waals surface area contributed by atoms with Crippen LogP contribution in [0.5, 0.6) is 0 Å². The zero-order chi connectivity index (χ0) is 26.9. The molecule has 1 atom stereocenters. The van der Waals surface area contributed by atoms with Gasteiger partial charge in [-0.15, -0.1) is 16.4 Å². The Labute approximate surface area is 214 Å². The van der Waals surface area contributed by atoms with Gasteiger partial charge in [0.05, 0.1) is 23.2 Å². The molecular weight excluding hydrogens is 525 g/mol. The predicted molar refractivity (Wildman–Crippen MR) is 131 cm³/mol. The summed E-state index contributed by atoms with van der Waals surface area (Å²) in [5.74, 6) is 0.157. The summed E-state index contributed by atoms with van der Waals surface area (Å²) in [7, 11) is 1.72. The molecular formula is C22H17F3N10O2S. The van der Waals surface area contributed by atoms with E-state index in [9.17, 15) is 23.3 Å². The summed E-state index contributed by atoms with van der Waals surface area (Å²) in [5.41, 5.74) is 1.35. The number of fused-ring (bicyclic) bond motifs is 5. The molecule has 6 heterocycles. The molecule has 0 aliphatic carbocycles. The average molecular weight is 543 g/mol. The maximum Gasteiger partial charge on any atom is 0.433 e. The van der Waals surface area contributed by atoms with E-state index in [2.05, 4.69) is 30.2 Å². The summed E-state index contributed by atoms with van der Waals surface area (Å²) in [6.07, 6.45) is 0.839. The molecule has 6 rings (SSSR count). The minimum atomic E-state index is -4.64. The molecule has 0 N–H and O–H groups in total. The van der Waals surface area contributed by atoms with Crippen molar-refractivity contribution in [1.29, 1.82) is 0 Å². The molecule has 38 heavy (non-hydrogen) atoms. The van der Waals surface area contributed by atoms with Crippen LogP contribution in [0.4, 0.5) is 18.9 Å². The lowest BCUT2D eigenvalue weighted by Crippen LogP contribution is -2.08. The van der Waals surface area contributed by atoms with Crippen LogP contribution in [-0.2, 0) is 19.8 Å². The number of hydrogen-bond acceptors (Lipinski definition) is 9. The lowest BCUT2D eigenvalue weighted by molar-refractivity contribution is -0.385. The van der Waals surface area contributed by atoms with Crippen molar-refractivity contribution in [2.24, 2.45) is 7.05 Å². The van der Waals surface area contributed by atoms with Crippen LogP contribution in [0.2, 0.25) is 0 Å². The van der Waals surface area contributed by atoms with Gasteiger partial charge in [0.25, 0.3) is 0 Å². The van der Waals surface area contributed by atoms with Crippen LogP contribution in [0.1, 0.15) is 30.1 Å². The minimum Gasteiger partial charge on any atom is -0.272 e. The third-order valence-corrected chi connectivity index (χ3v) is 7.40. The van der Waals surface area contributed by atoms with Crippen LogP contribution in [0.25, 0.3) is 37.2 Å². The SMILES string of the molecule is Cc1c(-c2cc(C(F)(F)F)nc3sc4c(ncn5nc([C@H](C)Cn6cc([N+](=O)[O-])cn6)nc45)c23)cnn1C.